The lowest BCUT2D eigenvalue weighted by atomic mass is 10.0. The number of carbonyl (C=O) groups excluding carboxylic acids is 5. The van der Waals surface area contributed by atoms with Crippen LogP contribution in [0.15, 0.2) is 0 Å². The Hall–Kier alpha value is -2.21. The minimum absolute atomic E-state index is 0. The first kappa shape index (κ1) is 28.0. The molecule has 11 nitrogen and oxygen atoms in total. The number of halogens is 1. The van der Waals surface area contributed by atoms with E-state index in [0.29, 0.717) is 0 Å². The summed E-state index contributed by atoms with van der Waals surface area (Å²) in [7, 11) is 0. The van der Waals surface area contributed by atoms with Crippen molar-refractivity contribution in [2.75, 3.05) is 13.2 Å². The van der Waals surface area contributed by atoms with Crippen LogP contribution in [-0.4, -0.2) is 67.4 Å². The Labute approximate surface area is 172 Å². The number of ether oxygens (including phenoxy) is 5. The van der Waals surface area contributed by atoms with Gasteiger partial charge in [-0.3, -0.25) is 24.0 Å². The summed E-state index contributed by atoms with van der Waals surface area (Å²) in [6, 6.07) is 0. The Morgan fingerprint density at radius 3 is 1.32 bits per heavy atom. The van der Waals surface area contributed by atoms with E-state index in [1.54, 1.807) is 0 Å². The van der Waals surface area contributed by atoms with Crippen molar-refractivity contribution < 1.29 is 47.7 Å². The number of hydrogen-bond donors (Lipinski definition) is 1. The van der Waals surface area contributed by atoms with Crippen molar-refractivity contribution in [3.63, 3.8) is 0 Å². The van der Waals surface area contributed by atoms with Crippen molar-refractivity contribution in [3.05, 3.63) is 0 Å². The van der Waals surface area contributed by atoms with Crippen molar-refractivity contribution in [2.45, 2.75) is 59.0 Å². The Morgan fingerprint density at radius 2 is 1.00 bits per heavy atom. The molecule has 0 saturated carbocycles. The van der Waals surface area contributed by atoms with Crippen LogP contribution in [0.1, 0.15) is 34.6 Å². The van der Waals surface area contributed by atoms with Crippen molar-refractivity contribution in [1.29, 1.82) is 0 Å². The molecule has 0 radical (unpaired) electrons. The van der Waals surface area contributed by atoms with Crippen LogP contribution in [0, 0.1) is 0 Å². The Kier molecular flexibility index (Phi) is 13.9. The van der Waals surface area contributed by atoms with Crippen LogP contribution >= 0.6 is 17.0 Å². The molecule has 0 aliphatic carbocycles. The molecule has 0 bridgehead atoms. The van der Waals surface area contributed by atoms with Crippen LogP contribution in [0.4, 0.5) is 0 Å². The largest absolute Gasteiger partial charge is 0.462 e. The van der Waals surface area contributed by atoms with E-state index in [1.807, 2.05) is 0 Å². The monoisotopic (exact) mass is 471 g/mol. The number of hydrogen-bond acceptors (Lipinski definition) is 11. The van der Waals surface area contributed by atoms with E-state index in [4.69, 9.17) is 29.4 Å². The van der Waals surface area contributed by atoms with Gasteiger partial charge in [-0.25, -0.2) is 0 Å². The Morgan fingerprint density at radius 1 is 0.643 bits per heavy atom. The standard InChI is InChI=1S/C16H25NO10.BrH/c1-8(18)23-7-14(25-10(3)20)16(27-12(5)22)15(26-11(4)21)13(6-17)24-9(2)19;/h13-16H,6-7,17H2,1-5H3;1H/t13-,14+,15+,16+;/m0./s1. The smallest absolute Gasteiger partial charge is 0.303 e. The summed E-state index contributed by atoms with van der Waals surface area (Å²) in [5.41, 5.74) is 5.59. The molecule has 0 saturated heterocycles. The minimum atomic E-state index is -1.46. The van der Waals surface area contributed by atoms with E-state index in [2.05, 4.69) is 0 Å². The Balaban J connectivity index is 0. The highest BCUT2D eigenvalue weighted by Gasteiger charge is 2.43. The second kappa shape index (κ2) is 13.9. The molecule has 0 rings (SSSR count). The molecular formula is C16H26BrNO10. The third-order valence-electron chi connectivity index (χ3n) is 2.98. The third-order valence-corrected chi connectivity index (χ3v) is 2.98. The van der Waals surface area contributed by atoms with Crippen molar-refractivity contribution in [1.82, 2.24) is 0 Å². The van der Waals surface area contributed by atoms with E-state index in [9.17, 15) is 24.0 Å². The highest BCUT2D eigenvalue weighted by atomic mass is 79.9. The molecule has 162 valence electrons. The van der Waals surface area contributed by atoms with Gasteiger partial charge in [0.05, 0.1) is 0 Å². The molecule has 12 heteroatoms. The quantitative estimate of drug-likeness (QED) is 0.332. The molecule has 4 atom stereocenters. The average molecular weight is 472 g/mol. The van der Waals surface area contributed by atoms with Gasteiger partial charge in [-0.15, -0.1) is 17.0 Å². The molecular weight excluding hydrogens is 446 g/mol. The van der Waals surface area contributed by atoms with E-state index < -0.39 is 60.9 Å². The predicted octanol–water partition coefficient (Wildman–Crippen LogP) is -0.187. The fourth-order valence-corrected chi connectivity index (χ4v) is 2.16. The fraction of sp³-hybridized carbons (Fsp3) is 0.688. The second-order valence-electron chi connectivity index (χ2n) is 5.48. The van der Waals surface area contributed by atoms with E-state index in [0.717, 1.165) is 34.6 Å². The summed E-state index contributed by atoms with van der Waals surface area (Å²) in [6.07, 6.45) is -5.43. The first-order valence-corrected chi connectivity index (χ1v) is 8.00. The van der Waals surface area contributed by atoms with Crippen LogP contribution in [-0.2, 0) is 47.7 Å². The molecule has 0 aromatic carbocycles. The lowest BCUT2D eigenvalue weighted by Gasteiger charge is -2.34. The molecule has 2 N–H and O–H groups in total. The first-order valence-electron chi connectivity index (χ1n) is 8.00. The molecule has 0 heterocycles. The van der Waals surface area contributed by atoms with Gasteiger partial charge in [0, 0.05) is 41.2 Å². The van der Waals surface area contributed by atoms with Gasteiger partial charge in [0.25, 0.3) is 0 Å². The molecule has 0 amide bonds. The summed E-state index contributed by atoms with van der Waals surface area (Å²) in [5.74, 6) is -3.79. The van der Waals surface area contributed by atoms with Gasteiger partial charge in [-0.2, -0.15) is 0 Å². The van der Waals surface area contributed by atoms with Gasteiger partial charge >= 0.3 is 29.8 Å². The molecule has 0 aliphatic rings. The number of rotatable bonds is 10. The molecule has 0 unspecified atom stereocenters. The van der Waals surface area contributed by atoms with Gasteiger partial charge in [0.2, 0.25) is 0 Å². The number of nitrogens with two attached hydrogens (primary N) is 1. The summed E-state index contributed by atoms with van der Waals surface area (Å²) in [4.78, 5) is 57.0. The summed E-state index contributed by atoms with van der Waals surface area (Å²) < 4.78 is 25.2. The molecule has 0 spiro atoms. The summed E-state index contributed by atoms with van der Waals surface area (Å²) in [5, 5.41) is 0. The number of carbonyl (C=O) groups is 5. The molecule has 28 heavy (non-hydrogen) atoms. The highest BCUT2D eigenvalue weighted by molar-refractivity contribution is 8.93. The summed E-state index contributed by atoms with van der Waals surface area (Å²) in [6.45, 7) is 4.66. The van der Waals surface area contributed by atoms with Gasteiger partial charge in [0.15, 0.2) is 24.4 Å². The minimum Gasteiger partial charge on any atom is -0.462 e. The van der Waals surface area contributed by atoms with Gasteiger partial charge < -0.3 is 29.4 Å². The van der Waals surface area contributed by atoms with Crippen LogP contribution in [0.3, 0.4) is 0 Å². The van der Waals surface area contributed by atoms with Gasteiger partial charge in [-0.1, -0.05) is 0 Å². The van der Waals surface area contributed by atoms with Crippen molar-refractivity contribution in [2.24, 2.45) is 5.73 Å². The lowest BCUT2D eigenvalue weighted by molar-refractivity contribution is -0.201. The fourth-order valence-electron chi connectivity index (χ4n) is 2.16. The molecule has 0 aliphatic heterocycles. The maximum atomic E-state index is 11.6. The first-order chi connectivity index (χ1) is 12.5. The predicted molar refractivity (Wildman–Crippen MR) is 98.2 cm³/mol. The SMILES string of the molecule is Br.CC(=O)OC[C@@H](OC(C)=O)[C@@H](OC(C)=O)[C@H](OC(C)=O)[C@H](CN)OC(C)=O. The van der Waals surface area contributed by atoms with E-state index in [-0.39, 0.29) is 23.5 Å². The molecule has 0 aromatic rings. The molecule has 0 fully saturated rings. The summed E-state index contributed by atoms with van der Waals surface area (Å²) >= 11 is 0. The average Bonchev–Trinajstić information content (AvgIpc) is 2.51. The second-order valence-corrected chi connectivity index (χ2v) is 5.48. The number of esters is 5. The van der Waals surface area contributed by atoms with Crippen molar-refractivity contribution >= 4 is 46.8 Å². The zero-order chi connectivity index (χ0) is 21.1. The maximum absolute atomic E-state index is 11.6. The zero-order valence-electron chi connectivity index (χ0n) is 16.3. The van der Waals surface area contributed by atoms with Crippen LogP contribution in [0.25, 0.3) is 0 Å². The van der Waals surface area contributed by atoms with Crippen LogP contribution < -0.4 is 5.73 Å². The van der Waals surface area contributed by atoms with Gasteiger partial charge in [0.1, 0.15) is 6.61 Å². The van der Waals surface area contributed by atoms with Gasteiger partial charge in [-0.05, 0) is 0 Å². The van der Waals surface area contributed by atoms with Crippen molar-refractivity contribution in [3.8, 4) is 0 Å². The zero-order valence-corrected chi connectivity index (χ0v) is 18.0. The molecule has 0 aromatic heterocycles. The topological polar surface area (TPSA) is 158 Å². The normalized spacial score (nSPS) is 14.2. The lowest BCUT2D eigenvalue weighted by Crippen LogP contribution is -2.54. The Bertz CT molecular complexity index is 568. The van der Waals surface area contributed by atoms with E-state index in [1.165, 1.54) is 0 Å². The van der Waals surface area contributed by atoms with E-state index >= 15 is 0 Å². The maximum Gasteiger partial charge on any atom is 0.303 e. The third kappa shape index (κ3) is 11.5. The highest BCUT2D eigenvalue weighted by Crippen LogP contribution is 2.19. The van der Waals surface area contributed by atoms with Crippen LogP contribution in [0.5, 0.6) is 0 Å². The van der Waals surface area contributed by atoms with Crippen LogP contribution in [0.2, 0.25) is 0 Å².